The van der Waals surface area contributed by atoms with Gasteiger partial charge < -0.3 is 23.1 Å². The summed E-state index contributed by atoms with van der Waals surface area (Å²) >= 11 is 0. The van der Waals surface area contributed by atoms with E-state index >= 15 is 0 Å². The van der Waals surface area contributed by atoms with E-state index < -0.39 is 0 Å². The predicted molar refractivity (Wildman–Crippen MR) is 116 cm³/mol. The van der Waals surface area contributed by atoms with Crippen LogP contribution in [0.15, 0.2) is 53.3 Å². The molecule has 0 bridgehead atoms. The first kappa shape index (κ1) is 18.9. The van der Waals surface area contributed by atoms with Crippen LogP contribution in [-0.4, -0.2) is 39.3 Å². The summed E-state index contributed by atoms with van der Waals surface area (Å²) in [6.07, 6.45) is 3.67. The molecule has 0 spiro atoms. The molecule has 156 valence electrons. The molecule has 0 aliphatic heterocycles. The first-order valence-corrected chi connectivity index (χ1v) is 9.65. The van der Waals surface area contributed by atoms with Crippen LogP contribution in [0.2, 0.25) is 0 Å². The van der Waals surface area contributed by atoms with Gasteiger partial charge >= 0.3 is 0 Å². The van der Waals surface area contributed by atoms with Gasteiger partial charge in [0.2, 0.25) is 5.82 Å². The van der Waals surface area contributed by atoms with Crippen LogP contribution in [0.4, 0.5) is 0 Å². The number of nitrogens with zero attached hydrogens (tertiary/aromatic N) is 4. The van der Waals surface area contributed by atoms with Crippen LogP contribution in [0, 0.1) is 0 Å². The minimum Gasteiger partial charge on any atom is -0.497 e. The van der Waals surface area contributed by atoms with Crippen molar-refractivity contribution in [2.45, 2.75) is 0 Å². The zero-order valence-corrected chi connectivity index (χ0v) is 17.5. The van der Waals surface area contributed by atoms with Gasteiger partial charge in [-0.3, -0.25) is 4.79 Å². The lowest BCUT2D eigenvalue weighted by Gasteiger charge is -2.01. The second kappa shape index (κ2) is 7.02. The third-order valence-corrected chi connectivity index (χ3v) is 5.50. The van der Waals surface area contributed by atoms with Crippen LogP contribution in [-0.2, 0) is 14.1 Å². The van der Waals surface area contributed by atoms with Gasteiger partial charge in [0.1, 0.15) is 11.5 Å². The first-order valence-electron chi connectivity index (χ1n) is 9.65. The minimum atomic E-state index is -0.338. The summed E-state index contributed by atoms with van der Waals surface area (Å²) in [5.74, 6) is 1.34. The summed E-state index contributed by atoms with van der Waals surface area (Å²) in [7, 11) is 7.03. The van der Waals surface area contributed by atoms with Crippen molar-refractivity contribution in [3.8, 4) is 22.9 Å². The van der Waals surface area contributed by atoms with Gasteiger partial charge in [-0.1, -0.05) is 5.16 Å². The van der Waals surface area contributed by atoms with Gasteiger partial charge in [-0.25, -0.2) is 0 Å². The van der Waals surface area contributed by atoms with Gasteiger partial charge in [-0.05, 0) is 36.4 Å². The Kier molecular flexibility index (Phi) is 4.28. The van der Waals surface area contributed by atoms with Crippen molar-refractivity contribution in [1.82, 2.24) is 19.3 Å². The molecule has 2 aromatic carbocycles. The number of carbonyl (C=O) groups is 1. The highest BCUT2D eigenvalue weighted by Gasteiger charge is 2.23. The second-order valence-corrected chi connectivity index (χ2v) is 7.33. The number of methoxy groups -OCH3 is 2. The molecule has 8 nitrogen and oxygen atoms in total. The van der Waals surface area contributed by atoms with E-state index in [1.165, 1.54) is 0 Å². The van der Waals surface area contributed by atoms with E-state index in [1.54, 1.807) is 20.4 Å². The van der Waals surface area contributed by atoms with Crippen molar-refractivity contribution in [3.05, 3.63) is 60.2 Å². The number of ether oxygens (including phenoxy) is 2. The Balaban J connectivity index is 1.58. The Labute approximate surface area is 177 Å². The lowest BCUT2D eigenvalue weighted by atomic mass is 10.1. The lowest BCUT2D eigenvalue weighted by Crippen LogP contribution is -2.01. The number of aromatic nitrogens is 4. The first-order chi connectivity index (χ1) is 15.0. The van der Waals surface area contributed by atoms with Crippen LogP contribution < -0.4 is 9.47 Å². The highest BCUT2D eigenvalue weighted by molar-refractivity contribution is 6.14. The Morgan fingerprint density at radius 1 is 0.903 bits per heavy atom. The molecule has 5 aromatic rings. The van der Waals surface area contributed by atoms with E-state index in [-0.39, 0.29) is 11.7 Å². The van der Waals surface area contributed by atoms with Crippen LogP contribution in [0.5, 0.6) is 11.5 Å². The zero-order chi connectivity index (χ0) is 21.7. The van der Waals surface area contributed by atoms with E-state index in [1.807, 2.05) is 65.8 Å². The summed E-state index contributed by atoms with van der Waals surface area (Å²) < 4.78 is 19.9. The minimum absolute atomic E-state index is 0.0646. The maximum atomic E-state index is 13.2. The molecule has 0 unspecified atom stereocenters. The number of hydrogen-bond acceptors (Lipinski definition) is 6. The molecular weight excluding hydrogens is 396 g/mol. The van der Waals surface area contributed by atoms with Gasteiger partial charge in [0, 0.05) is 53.9 Å². The monoisotopic (exact) mass is 416 g/mol. The molecular formula is C23H20N4O4. The number of aryl methyl sites for hydroxylation is 2. The van der Waals surface area contributed by atoms with Crippen molar-refractivity contribution < 1.29 is 18.8 Å². The molecule has 5 rings (SSSR count). The van der Waals surface area contributed by atoms with E-state index in [4.69, 9.17) is 14.0 Å². The van der Waals surface area contributed by atoms with Crippen molar-refractivity contribution in [2.75, 3.05) is 14.2 Å². The number of ketones is 1. The summed E-state index contributed by atoms with van der Waals surface area (Å²) in [6.45, 7) is 0. The molecule has 3 heterocycles. The molecule has 0 atom stereocenters. The second-order valence-electron chi connectivity index (χ2n) is 7.33. The van der Waals surface area contributed by atoms with Gasteiger partial charge in [-0.15, -0.1) is 0 Å². The molecule has 0 N–H and O–H groups in total. The fourth-order valence-electron chi connectivity index (χ4n) is 3.90. The van der Waals surface area contributed by atoms with Crippen molar-refractivity contribution in [3.63, 3.8) is 0 Å². The Hall–Kier alpha value is -4.07. The van der Waals surface area contributed by atoms with E-state index in [9.17, 15) is 4.79 Å². The summed E-state index contributed by atoms with van der Waals surface area (Å²) in [5.41, 5.74) is 3.14. The molecule has 31 heavy (non-hydrogen) atoms. The van der Waals surface area contributed by atoms with Gasteiger partial charge in [0.25, 0.3) is 11.7 Å². The lowest BCUT2D eigenvalue weighted by molar-refractivity contribution is 0.0995. The third-order valence-electron chi connectivity index (χ3n) is 5.50. The van der Waals surface area contributed by atoms with Crippen LogP contribution in [0.1, 0.15) is 16.2 Å². The Morgan fingerprint density at radius 3 is 2.19 bits per heavy atom. The van der Waals surface area contributed by atoms with Gasteiger partial charge in [-0.2, -0.15) is 4.98 Å². The number of carbonyl (C=O) groups excluding carboxylic acids is 1. The highest BCUT2D eigenvalue weighted by Crippen LogP contribution is 2.32. The largest absolute Gasteiger partial charge is 0.497 e. The van der Waals surface area contributed by atoms with Crippen molar-refractivity contribution in [1.29, 1.82) is 0 Å². The molecule has 0 aliphatic rings. The molecule has 0 saturated carbocycles. The highest BCUT2D eigenvalue weighted by atomic mass is 16.5. The van der Waals surface area contributed by atoms with Crippen LogP contribution in [0.25, 0.3) is 33.2 Å². The zero-order valence-electron chi connectivity index (χ0n) is 17.5. The SMILES string of the molecule is COc1ccc2c(c1)c(C(=O)c1nc(-c3cn(C)c4ccc(OC)cc34)no1)cn2C. The molecule has 8 heteroatoms. The fourth-order valence-corrected chi connectivity index (χ4v) is 3.90. The molecule has 0 fully saturated rings. The van der Waals surface area contributed by atoms with E-state index in [0.717, 1.165) is 33.1 Å². The number of rotatable bonds is 5. The summed E-state index contributed by atoms with van der Waals surface area (Å²) in [4.78, 5) is 17.6. The Bertz CT molecular complexity index is 1460. The molecule has 0 amide bonds. The average Bonchev–Trinajstić information content (AvgIpc) is 3.49. The molecule has 0 aliphatic carbocycles. The van der Waals surface area contributed by atoms with Crippen molar-refractivity contribution >= 4 is 27.6 Å². The topological polar surface area (TPSA) is 84.3 Å². The molecule has 3 aromatic heterocycles. The normalized spacial score (nSPS) is 11.4. The maximum Gasteiger partial charge on any atom is 0.299 e. The molecule has 0 radical (unpaired) electrons. The van der Waals surface area contributed by atoms with Crippen LogP contribution in [0.3, 0.4) is 0 Å². The third kappa shape index (κ3) is 2.95. The van der Waals surface area contributed by atoms with Crippen LogP contribution >= 0.6 is 0 Å². The molecule has 0 saturated heterocycles. The fraction of sp³-hybridized carbons (Fsp3) is 0.174. The predicted octanol–water partition coefficient (Wildman–Crippen LogP) is 3.97. The number of benzene rings is 2. The van der Waals surface area contributed by atoms with Gasteiger partial charge in [0.05, 0.1) is 19.8 Å². The summed E-state index contributed by atoms with van der Waals surface area (Å²) in [5, 5.41) is 5.76. The summed E-state index contributed by atoms with van der Waals surface area (Å²) in [6, 6.07) is 11.4. The Morgan fingerprint density at radius 2 is 1.52 bits per heavy atom. The van der Waals surface area contributed by atoms with Gasteiger partial charge in [0.15, 0.2) is 0 Å². The average molecular weight is 416 g/mol. The quantitative estimate of drug-likeness (QED) is 0.403. The smallest absolute Gasteiger partial charge is 0.299 e. The van der Waals surface area contributed by atoms with E-state index in [2.05, 4.69) is 10.1 Å². The number of hydrogen-bond donors (Lipinski definition) is 0. The van der Waals surface area contributed by atoms with Crippen molar-refractivity contribution in [2.24, 2.45) is 14.1 Å². The van der Waals surface area contributed by atoms with E-state index in [0.29, 0.717) is 17.1 Å². The number of fused-ring (bicyclic) bond motifs is 2. The maximum absolute atomic E-state index is 13.2. The standard InChI is InChI=1S/C23H20N4O4/c1-26-11-17(15-9-13(29-3)5-7-19(15)26)21(28)23-24-22(25-31-23)18-12-27(2)20-8-6-14(30-4)10-16(18)20/h5-12H,1-4H3.